The van der Waals surface area contributed by atoms with Gasteiger partial charge >= 0.3 is 0 Å². The third kappa shape index (κ3) is 2.88. The van der Waals surface area contributed by atoms with Crippen molar-refractivity contribution >= 4 is 54.4 Å². The Labute approximate surface area is 123 Å². The molecule has 0 spiro atoms. The second-order valence-electron chi connectivity index (χ2n) is 3.64. The summed E-state index contributed by atoms with van der Waals surface area (Å²) in [6.45, 7) is 0. The van der Waals surface area contributed by atoms with Crippen molar-refractivity contribution in [2.75, 3.05) is 5.73 Å². The molecule has 1 heterocycles. The molecule has 7 heteroatoms. The Morgan fingerprint density at radius 1 is 1.33 bits per heavy atom. The number of thiophene rings is 1. The number of anilines is 1. The van der Waals surface area contributed by atoms with Gasteiger partial charge in [0.15, 0.2) is 9.84 Å². The van der Waals surface area contributed by atoms with E-state index in [1.165, 1.54) is 23.5 Å². The molecule has 0 fully saturated rings. The Morgan fingerprint density at radius 3 is 2.67 bits per heavy atom. The van der Waals surface area contributed by atoms with Crippen molar-refractivity contribution in [3.05, 3.63) is 44.0 Å². The fourth-order valence-corrected chi connectivity index (χ4v) is 5.44. The van der Waals surface area contributed by atoms with Gasteiger partial charge in [0, 0.05) is 15.0 Å². The molecule has 2 rings (SSSR count). The summed E-state index contributed by atoms with van der Waals surface area (Å²) < 4.78 is 25.3. The van der Waals surface area contributed by atoms with Gasteiger partial charge in [-0.3, -0.25) is 0 Å². The summed E-state index contributed by atoms with van der Waals surface area (Å²) in [5.41, 5.74) is 5.98. The number of benzene rings is 1. The van der Waals surface area contributed by atoms with E-state index in [0.717, 1.165) is 9.35 Å². The van der Waals surface area contributed by atoms with E-state index in [2.05, 4.69) is 15.9 Å². The Hall–Kier alpha value is -0.560. The van der Waals surface area contributed by atoms with Crippen LogP contribution in [0.1, 0.15) is 4.88 Å². The molecule has 1 aromatic heterocycles. The molecule has 0 amide bonds. The lowest BCUT2D eigenvalue weighted by Gasteiger charge is -2.07. The highest BCUT2D eigenvalue weighted by Gasteiger charge is 2.21. The Kier molecular flexibility index (Phi) is 4.01. The minimum Gasteiger partial charge on any atom is -0.399 e. The van der Waals surface area contributed by atoms with Crippen molar-refractivity contribution in [1.29, 1.82) is 0 Å². The van der Waals surface area contributed by atoms with E-state index in [9.17, 15) is 8.42 Å². The van der Waals surface area contributed by atoms with Crippen molar-refractivity contribution in [1.82, 2.24) is 0 Å². The lowest BCUT2D eigenvalue weighted by atomic mass is 10.3. The van der Waals surface area contributed by atoms with Gasteiger partial charge in [-0.05, 0) is 45.6 Å². The van der Waals surface area contributed by atoms with Gasteiger partial charge in [-0.15, -0.1) is 11.3 Å². The smallest absolute Gasteiger partial charge is 0.184 e. The molecular formula is C11H9BrClNO2S2. The first-order chi connectivity index (χ1) is 8.40. The molecule has 0 atom stereocenters. The molecule has 0 aliphatic carbocycles. The second-order valence-corrected chi connectivity index (χ2v) is 7.86. The maximum atomic E-state index is 12.3. The van der Waals surface area contributed by atoms with E-state index >= 15 is 0 Å². The number of halogens is 2. The lowest BCUT2D eigenvalue weighted by molar-refractivity contribution is 0.595. The highest BCUT2D eigenvalue weighted by Crippen LogP contribution is 2.30. The largest absolute Gasteiger partial charge is 0.399 e. The van der Waals surface area contributed by atoms with Crippen LogP contribution < -0.4 is 5.73 Å². The first-order valence-electron chi connectivity index (χ1n) is 4.90. The number of hydrogen-bond donors (Lipinski definition) is 1. The average Bonchev–Trinajstić information content (AvgIpc) is 2.67. The number of rotatable bonds is 3. The van der Waals surface area contributed by atoms with Crippen LogP contribution >= 0.6 is 38.9 Å². The Balaban J connectivity index is 2.43. The average molecular weight is 367 g/mol. The molecular weight excluding hydrogens is 358 g/mol. The summed E-state index contributed by atoms with van der Waals surface area (Å²) in [7, 11) is -3.49. The highest BCUT2D eigenvalue weighted by atomic mass is 79.9. The molecule has 18 heavy (non-hydrogen) atoms. The zero-order chi connectivity index (χ0) is 13.3. The molecule has 3 nitrogen and oxygen atoms in total. The molecule has 0 saturated heterocycles. The summed E-state index contributed by atoms with van der Waals surface area (Å²) in [6.07, 6.45) is 0. The van der Waals surface area contributed by atoms with E-state index in [-0.39, 0.29) is 15.7 Å². The van der Waals surface area contributed by atoms with Crippen molar-refractivity contribution in [3.8, 4) is 0 Å². The van der Waals surface area contributed by atoms with E-state index < -0.39 is 9.84 Å². The van der Waals surface area contributed by atoms with Crippen LogP contribution in [-0.2, 0) is 15.6 Å². The molecule has 0 unspecified atom stereocenters. The Morgan fingerprint density at radius 2 is 2.06 bits per heavy atom. The minimum absolute atomic E-state index is 0.0736. The molecule has 0 bridgehead atoms. The summed E-state index contributed by atoms with van der Waals surface area (Å²) in [6, 6.07) is 6.27. The minimum atomic E-state index is -3.49. The molecule has 0 aliphatic heterocycles. The van der Waals surface area contributed by atoms with Crippen molar-refractivity contribution in [3.63, 3.8) is 0 Å². The molecule has 1 aromatic carbocycles. The molecule has 0 aliphatic rings. The van der Waals surface area contributed by atoms with Crippen LogP contribution in [0.2, 0.25) is 5.02 Å². The Bertz CT molecular complexity index is 682. The number of hydrogen-bond acceptors (Lipinski definition) is 4. The molecule has 0 radical (unpaired) electrons. The van der Waals surface area contributed by atoms with Crippen LogP contribution in [0.4, 0.5) is 5.69 Å². The maximum absolute atomic E-state index is 12.3. The fourth-order valence-electron chi connectivity index (χ4n) is 1.44. The molecule has 2 N–H and O–H groups in total. The summed E-state index contributed by atoms with van der Waals surface area (Å²) in [4.78, 5) is 0.818. The van der Waals surface area contributed by atoms with Gasteiger partial charge in [-0.2, -0.15) is 0 Å². The van der Waals surface area contributed by atoms with Gasteiger partial charge in [-0.25, -0.2) is 8.42 Å². The predicted molar refractivity (Wildman–Crippen MR) is 78.8 cm³/mol. The summed E-state index contributed by atoms with van der Waals surface area (Å²) in [5, 5.41) is 2.02. The zero-order valence-electron chi connectivity index (χ0n) is 9.06. The highest BCUT2D eigenvalue weighted by molar-refractivity contribution is 9.10. The monoisotopic (exact) mass is 365 g/mol. The molecule has 0 saturated carbocycles. The predicted octanol–water partition coefficient (Wildman–Crippen LogP) is 3.72. The van der Waals surface area contributed by atoms with E-state index in [4.69, 9.17) is 17.3 Å². The number of nitrogens with two attached hydrogens (primary N) is 1. The van der Waals surface area contributed by atoms with Crippen LogP contribution in [0.15, 0.2) is 39.0 Å². The van der Waals surface area contributed by atoms with Crippen molar-refractivity contribution < 1.29 is 8.42 Å². The van der Waals surface area contributed by atoms with Gasteiger partial charge in [-0.1, -0.05) is 11.6 Å². The van der Waals surface area contributed by atoms with Gasteiger partial charge in [0.1, 0.15) is 0 Å². The standard InChI is InChI=1S/C11H9BrClNO2S2/c12-8-3-4-17-10(8)6-18(15,16)11-5-7(14)1-2-9(11)13/h1-5H,6,14H2. The van der Waals surface area contributed by atoms with Gasteiger partial charge < -0.3 is 5.73 Å². The zero-order valence-corrected chi connectivity index (χ0v) is 13.0. The SMILES string of the molecule is Nc1ccc(Cl)c(S(=O)(=O)Cc2sccc2Br)c1. The van der Waals surface area contributed by atoms with Crippen LogP contribution in [0.5, 0.6) is 0 Å². The van der Waals surface area contributed by atoms with E-state index in [1.54, 1.807) is 6.07 Å². The van der Waals surface area contributed by atoms with Crippen molar-refractivity contribution in [2.45, 2.75) is 10.6 Å². The third-order valence-electron chi connectivity index (χ3n) is 2.30. The van der Waals surface area contributed by atoms with Crippen LogP contribution in [0.3, 0.4) is 0 Å². The summed E-state index contributed by atoms with van der Waals surface area (Å²) >= 11 is 10.6. The van der Waals surface area contributed by atoms with Gasteiger partial charge in [0.2, 0.25) is 0 Å². The van der Waals surface area contributed by atoms with Crippen molar-refractivity contribution in [2.24, 2.45) is 0 Å². The molecule has 2 aromatic rings. The number of sulfone groups is 1. The number of nitrogen functional groups attached to an aromatic ring is 1. The van der Waals surface area contributed by atoms with Crippen LogP contribution in [0.25, 0.3) is 0 Å². The lowest BCUT2D eigenvalue weighted by Crippen LogP contribution is -2.05. The van der Waals surface area contributed by atoms with E-state index in [1.807, 2.05) is 11.4 Å². The normalized spacial score (nSPS) is 11.7. The van der Waals surface area contributed by atoms with Gasteiger partial charge in [0.05, 0.1) is 15.7 Å². The first-order valence-corrected chi connectivity index (χ1v) is 8.60. The molecule has 96 valence electrons. The fraction of sp³-hybridized carbons (Fsp3) is 0.0909. The van der Waals surface area contributed by atoms with E-state index in [0.29, 0.717) is 5.69 Å². The topological polar surface area (TPSA) is 60.2 Å². The van der Waals surface area contributed by atoms with Crippen LogP contribution in [0, 0.1) is 0 Å². The van der Waals surface area contributed by atoms with Crippen LogP contribution in [-0.4, -0.2) is 8.42 Å². The van der Waals surface area contributed by atoms with Gasteiger partial charge in [0.25, 0.3) is 0 Å². The maximum Gasteiger partial charge on any atom is 0.184 e. The second kappa shape index (κ2) is 5.21. The first kappa shape index (κ1) is 13.9. The summed E-state index contributed by atoms with van der Waals surface area (Å²) in [5.74, 6) is -0.0889. The third-order valence-corrected chi connectivity index (χ3v) is 6.53. The quantitative estimate of drug-likeness (QED) is 0.842.